The third-order valence-corrected chi connectivity index (χ3v) is 7.30. The van der Waals surface area contributed by atoms with Crippen LogP contribution >= 0.6 is 0 Å². The minimum Gasteiger partial charge on any atom is -0.380 e. The monoisotopic (exact) mass is 420 g/mol. The smallest absolute Gasteiger partial charge is 0.380 e. The van der Waals surface area contributed by atoms with Gasteiger partial charge in [-0.2, -0.15) is 17.5 Å². The first-order valence-corrected chi connectivity index (χ1v) is 10.5. The number of benzene rings is 1. The molecule has 1 N–H and O–H groups in total. The van der Waals surface area contributed by atoms with Gasteiger partial charge in [0.25, 0.3) is 0 Å². The van der Waals surface area contributed by atoms with E-state index in [4.69, 9.17) is 0 Å². The summed E-state index contributed by atoms with van der Waals surface area (Å²) in [6.45, 7) is 0.520. The molecular weight excluding hydrogens is 397 g/mol. The Morgan fingerprint density at radius 1 is 1.11 bits per heavy atom. The molecule has 1 atom stereocenters. The minimum absolute atomic E-state index is 0.000676. The second-order valence-corrected chi connectivity index (χ2v) is 9.46. The fourth-order valence-corrected chi connectivity index (χ4v) is 5.02. The molecule has 0 bridgehead atoms. The van der Waals surface area contributed by atoms with E-state index < -0.39 is 34.1 Å². The lowest BCUT2D eigenvalue weighted by Gasteiger charge is -2.35. The van der Waals surface area contributed by atoms with E-state index in [9.17, 15) is 31.5 Å². The number of carbonyl (C=O) groups is 1. The number of aliphatic hydroxyl groups is 1. The fraction of sp³-hybridized carbons (Fsp3) is 0.611. The van der Waals surface area contributed by atoms with Gasteiger partial charge in [0.15, 0.2) is 5.60 Å². The molecule has 0 saturated carbocycles. The van der Waals surface area contributed by atoms with Crippen molar-refractivity contribution >= 4 is 15.9 Å². The van der Waals surface area contributed by atoms with Crippen molar-refractivity contribution in [1.82, 2.24) is 9.21 Å². The number of halogens is 3. The molecule has 0 unspecified atom stereocenters. The summed E-state index contributed by atoms with van der Waals surface area (Å²) in [7, 11) is -3.73. The second-order valence-electron chi connectivity index (χ2n) is 7.52. The van der Waals surface area contributed by atoms with Gasteiger partial charge < -0.3 is 10.0 Å². The number of aryl methyl sites for hydroxylation is 2. The third-order valence-electron chi connectivity index (χ3n) is 5.41. The van der Waals surface area contributed by atoms with Crippen LogP contribution < -0.4 is 0 Å². The molecule has 6 nitrogen and oxygen atoms in total. The number of alkyl halides is 3. The van der Waals surface area contributed by atoms with Gasteiger partial charge in [-0.05, 0) is 49.4 Å². The number of piperazine rings is 1. The highest BCUT2D eigenvalue weighted by Gasteiger charge is 2.51. The van der Waals surface area contributed by atoms with E-state index in [0.29, 0.717) is 6.92 Å². The van der Waals surface area contributed by atoms with Crippen molar-refractivity contribution in [2.75, 3.05) is 26.2 Å². The van der Waals surface area contributed by atoms with Gasteiger partial charge in [-0.25, -0.2) is 8.42 Å². The summed E-state index contributed by atoms with van der Waals surface area (Å²) >= 11 is 0. The van der Waals surface area contributed by atoms with Crippen molar-refractivity contribution in [3.8, 4) is 0 Å². The molecule has 1 aromatic carbocycles. The summed E-state index contributed by atoms with van der Waals surface area (Å²) in [5.74, 6) is -0.850. The fourth-order valence-electron chi connectivity index (χ4n) is 3.54. The lowest BCUT2D eigenvalue weighted by Crippen LogP contribution is -2.53. The number of nitrogens with zero attached hydrogens (tertiary/aromatic N) is 2. The number of hydrogen-bond acceptors (Lipinski definition) is 4. The number of carbonyl (C=O) groups excluding carboxylic acids is 1. The van der Waals surface area contributed by atoms with Crippen molar-refractivity contribution in [3.63, 3.8) is 0 Å². The predicted molar refractivity (Wildman–Crippen MR) is 95.1 cm³/mol. The van der Waals surface area contributed by atoms with E-state index in [1.165, 1.54) is 4.31 Å². The van der Waals surface area contributed by atoms with E-state index in [1.54, 1.807) is 12.1 Å². The summed E-state index contributed by atoms with van der Waals surface area (Å²) in [6, 6.07) is 5.10. The van der Waals surface area contributed by atoms with E-state index in [0.717, 1.165) is 35.3 Å². The van der Waals surface area contributed by atoms with Crippen LogP contribution in [-0.2, 0) is 27.7 Å². The molecule has 0 spiro atoms. The average Bonchev–Trinajstić information content (AvgIpc) is 3.08. The van der Waals surface area contributed by atoms with Crippen LogP contribution in [0.1, 0.15) is 30.9 Å². The molecular formula is C18H23F3N2O4S. The summed E-state index contributed by atoms with van der Waals surface area (Å²) in [6.07, 6.45) is -3.21. The number of amides is 1. The molecule has 3 rings (SSSR count). The molecule has 1 aliphatic heterocycles. The molecule has 1 saturated heterocycles. The first-order chi connectivity index (χ1) is 12.9. The molecule has 0 radical (unpaired) electrons. The van der Waals surface area contributed by atoms with Crippen LogP contribution in [0.25, 0.3) is 0 Å². The maximum Gasteiger partial charge on any atom is 0.417 e. The zero-order valence-corrected chi connectivity index (χ0v) is 16.3. The number of rotatable bonds is 4. The van der Waals surface area contributed by atoms with E-state index >= 15 is 0 Å². The van der Waals surface area contributed by atoms with Crippen molar-refractivity contribution in [1.29, 1.82) is 0 Å². The van der Waals surface area contributed by atoms with Gasteiger partial charge in [0.2, 0.25) is 15.9 Å². The van der Waals surface area contributed by atoms with Gasteiger partial charge in [-0.1, -0.05) is 6.07 Å². The predicted octanol–water partition coefficient (Wildman–Crippen LogP) is 1.71. The summed E-state index contributed by atoms with van der Waals surface area (Å²) in [4.78, 5) is 13.5. The summed E-state index contributed by atoms with van der Waals surface area (Å²) < 4.78 is 65.2. The molecule has 2 aliphatic rings. The summed E-state index contributed by atoms with van der Waals surface area (Å²) in [5, 5.41) is 9.48. The van der Waals surface area contributed by atoms with Crippen LogP contribution in [0.3, 0.4) is 0 Å². The quantitative estimate of drug-likeness (QED) is 0.805. The third kappa shape index (κ3) is 4.04. The van der Waals surface area contributed by atoms with Crippen LogP contribution in [-0.4, -0.2) is 66.6 Å². The Morgan fingerprint density at radius 3 is 2.32 bits per heavy atom. The zero-order valence-electron chi connectivity index (χ0n) is 15.5. The Morgan fingerprint density at radius 2 is 1.71 bits per heavy atom. The topological polar surface area (TPSA) is 77.9 Å². The van der Waals surface area contributed by atoms with Gasteiger partial charge in [0.05, 0.1) is 11.3 Å². The average molecular weight is 420 g/mol. The Bertz CT molecular complexity index is 860. The van der Waals surface area contributed by atoms with Gasteiger partial charge >= 0.3 is 6.18 Å². The maximum atomic E-state index is 12.9. The van der Waals surface area contributed by atoms with Crippen LogP contribution in [0.5, 0.6) is 0 Å². The molecule has 156 valence electrons. The van der Waals surface area contributed by atoms with E-state index in [1.807, 2.05) is 6.07 Å². The number of sulfonamides is 1. The van der Waals surface area contributed by atoms with E-state index in [2.05, 4.69) is 0 Å². The van der Waals surface area contributed by atoms with Crippen LogP contribution in [0.2, 0.25) is 0 Å². The zero-order chi connectivity index (χ0) is 20.7. The Hall–Kier alpha value is -1.65. The molecule has 0 aromatic heterocycles. The maximum absolute atomic E-state index is 12.9. The normalized spacial score (nSPS) is 20.7. The van der Waals surface area contributed by atoms with Gasteiger partial charge in [0.1, 0.15) is 0 Å². The number of hydrogen-bond donors (Lipinski definition) is 1. The Balaban J connectivity index is 1.64. The molecule has 1 heterocycles. The first-order valence-electron chi connectivity index (χ1n) is 9.11. The molecule has 28 heavy (non-hydrogen) atoms. The lowest BCUT2D eigenvalue weighted by molar-refractivity contribution is -0.254. The van der Waals surface area contributed by atoms with Gasteiger partial charge in [-0.15, -0.1) is 0 Å². The van der Waals surface area contributed by atoms with Crippen molar-refractivity contribution in [2.24, 2.45) is 0 Å². The van der Waals surface area contributed by atoms with E-state index in [-0.39, 0.29) is 31.1 Å². The lowest BCUT2D eigenvalue weighted by atomic mass is 10.0. The van der Waals surface area contributed by atoms with Crippen molar-refractivity contribution in [2.45, 2.75) is 49.3 Å². The van der Waals surface area contributed by atoms with Crippen LogP contribution in [0.15, 0.2) is 23.1 Å². The first kappa shape index (κ1) is 21.1. The molecule has 1 aliphatic carbocycles. The van der Waals surface area contributed by atoms with Crippen LogP contribution in [0, 0.1) is 0 Å². The van der Waals surface area contributed by atoms with Gasteiger partial charge in [0, 0.05) is 26.2 Å². The Kier molecular flexibility index (Phi) is 5.50. The number of fused-ring (bicyclic) bond motifs is 1. The molecule has 1 aromatic rings. The Labute approximate surface area is 162 Å². The highest BCUT2D eigenvalue weighted by molar-refractivity contribution is 7.89. The SMILES string of the molecule is C[C@@](O)(CC(=O)N1CCN(S(=O)(=O)c2ccc3c(c2)CCC3)CC1)C(F)(F)F. The van der Waals surface area contributed by atoms with Gasteiger partial charge in [-0.3, -0.25) is 4.79 Å². The molecule has 1 fully saturated rings. The van der Waals surface area contributed by atoms with Crippen molar-refractivity contribution in [3.05, 3.63) is 29.3 Å². The summed E-state index contributed by atoms with van der Waals surface area (Å²) in [5.41, 5.74) is -0.923. The highest BCUT2D eigenvalue weighted by atomic mass is 32.2. The standard InChI is InChI=1S/C18H23F3N2O4S/c1-17(25,18(19,20)21)12-16(24)22-7-9-23(10-8-22)28(26,27)15-6-5-13-3-2-4-14(13)11-15/h5-6,11,25H,2-4,7-10,12H2,1H3/t17-/m1/s1. The highest BCUT2D eigenvalue weighted by Crippen LogP contribution is 2.33. The largest absolute Gasteiger partial charge is 0.417 e. The molecule has 10 heteroatoms. The second kappa shape index (κ2) is 7.31. The molecule has 1 amide bonds. The van der Waals surface area contributed by atoms with Crippen molar-refractivity contribution < 1.29 is 31.5 Å². The van der Waals surface area contributed by atoms with Crippen LogP contribution in [0.4, 0.5) is 13.2 Å². The minimum atomic E-state index is -4.92.